The minimum absolute atomic E-state index is 0.0522. The molecule has 0 spiro atoms. The minimum Gasteiger partial charge on any atom is -0.462 e. The highest BCUT2D eigenvalue weighted by Gasteiger charge is 2.29. The Hall–Kier alpha value is -1.34. The highest BCUT2D eigenvalue weighted by molar-refractivity contribution is 8.14. The van der Waals surface area contributed by atoms with Crippen LogP contribution in [-0.2, 0) is 27.2 Å². The summed E-state index contributed by atoms with van der Waals surface area (Å²) in [5.41, 5.74) is 1.51. The van der Waals surface area contributed by atoms with Crippen molar-refractivity contribution in [3.63, 3.8) is 0 Å². The zero-order valence-electron chi connectivity index (χ0n) is 13.6. The summed E-state index contributed by atoms with van der Waals surface area (Å²) in [7, 11) is 0. The summed E-state index contributed by atoms with van der Waals surface area (Å²) in [6.45, 7) is 5.68. The van der Waals surface area contributed by atoms with E-state index in [1.807, 2.05) is 0 Å². The third-order valence-corrected chi connectivity index (χ3v) is 5.63. The SMILES string of the molecule is CCOC(=O)c1c(NC(=O)CSC(C)=O)sc2c1CCC(C)C2. The Balaban J connectivity index is 2.25. The lowest BCUT2D eigenvalue weighted by molar-refractivity contribution is -0.114. The van der Waals surface area contributed by atoms with Crippen LogP contribution in [0.15, 0.2) is 0 Å². The Bertz CT molecular complexity index is 624. The van der Waals surface area contributed by atoms with Gasteiger partial charge in [0, 0.05) is 11.8 Å². The number of ether oxygens (including phenoxy) is 1. The van der Waals surface area contributed by atoms with Crippen molar-refractivity contribution in [1.82, 2.24) is 0 Å². The Kier molecular flexibility index (Phi) is 6.24. The quantitative estimate of drug-likeness (QED) is 0.821. The van der Waals surface area contributed by atoms with Crippen LogP contribution < -0.4 is 5.32 Å². The molecule has 7 heteroatoms. The molecule has 1 heterocycles. The number of esters is 1. The van der Waals surface area contributed by atoms with Gasteiger partial charge in [0.2, 0.25) is 5.91 Å². The molecule has 0 saturated heterocycles. The van der Waals surface area contributed by atoms with E-state index in [4.69, 9.17) is 4.74 Å². The van der Waals surface area contributed by atoms with E-state index in [1.54, 1.807) is 6.92 Å². The van der Waals surface area contributed by atoms with E-state index in [9.17, 15) is 14.4 Å². The number of thioether (sulfide) groups is 1. The largest absolute Gasteiger partial charge is 0.462 e. The summed E-state index contributed by atoms with van der Waals surface area (Å²) in [6, 6.07) is 0. The number of carbonyl (C=O) groups is 3. The number of carbonyl (C=O) groups excluding carboxylic acids is 3. The minimum atomic E-state index is -0.380. The molecule has 1 amide bonds. The normalized spacial score (nSPS) is 16.6. The van der Waals surface area contributed by atoms with Gasteiger partial charge in [-0.2, -0.15) is 0 Å². The molecule has 1 aliphatic carbocycles. The summed E-state index contributed by atoms with van der Waals surface area (Å²) >= 11 is 2.41. The van der Waals surface area contributed by atoms with Crippen LogP contribution >= 0.6 is 23.1 Å². The molecular formula is C16H21NO4S2. The monoisotopic (exact) mass is 355 g/mol. The second kappa shape index (κ2) is 7.97. The second-order valence-corrected chi connectivity index (χ2v) is 7.86. The van der Waals surface area contributed by atoms with Gasteiger partial charge in [0.15, 0.2) is 5.12 Å². The van der Waals surface area contributed by atoms with Crippen molar-refractivity contribution in [1.29, 1.82) is 0 Å². The number of hydrogen-bond acceptors (Lipinski definition) is 6. The van der Waals surface area contributed by atoms with E-state index < -0.39 is 0 Å². The van der Waals surface area contributed by atoms with Gasteiger partial charge in [0.1, 0.15) is 5.00 Å². The molecule has 1 aromatic heterocycles. The van der Waals surface area contributed by atoms with Crippen LogP contribution in [0.2, 0.25) is 0 Å². The maximum Gasteiger partial charge on any atom is 0.341 e. The van der Waals surface area contributed by atoms with Crippen molar-refractivity contribution in [3.05, 3.63) is 16.0 Å². The molecule has 1 unspecified atom stereocenters. The van der Waals surface area contributed by atoms with Crippen molar-refractivity contribution < 1.29 is 19.1 Å². The molecule has 0 bridgehead atoms. The van der Waals surface area contributed by atoms with Crippen LogP contribution in [0.5, 0.6) is 0 Å². The third-order valence-electron chi connectivity index (χ3n) is 3.65. The van der Waals surface area contributed by atoms with E-state index in [-0.39, 0.29) is 22.7 Å². The Morgan fingerprint density at radius 1 is 1.39 bits per heavy atom. The van der Waals surface area contributed by atoms with Gasteiger partial charge in [0.05, 0.1) is 17.9 Å². The molecule has 0 saturated carbocycles. The van der Waals surface area contributed by atoms with Crippen LogP contribution in [0.4, 0.5) is 5.00 Å². The summed E-state index contributed by atoms with van der Waals surface area (Å²) in [5, 5.41) is 3.23. The predicted molar refractivity (Wildman–Crippen MR) is 93.2 cm³/mol. The highest BCUT2D eigenvalue weighted by atomic mass is 32.2. The van der Waals surface area contributed by atoms with E-state index >= 15 is 0 Å². The van der Waals surface area contributed by atoms with Crippen molar-refractivity contribution in [2.75, 3.05) is 17.7 Å². The number of amides is 1. The standard InChI is InChI=1S/C16H21NO4S2/c1-4-21-16(20)14-11-6-5-9(2)7-12(11)23-15(14)17-13(19)8-22-10(3)18/h9H,4-8H2,1-3H3,(H,17,19). The number of hydrogen-bond donors (Lipinski definition) is 1. The number of rotatable bonds is 5. The Morgan fingerprint density at radius 2 is 2.13 bits per heavy atom. The van der Waals surface area contributed by atoms with Crippen LogP contribution in [0, 0.1) is 5.92 Å². The van der Waals surface area contributed by atoms with Crippen molar-refractivity contribution in [2.24, 2.45) is 5.92 Å². The Morgan fingerprint density at radius 3 is 2.78 bits per heavy atom. The molecule has 1 N–H and O–H groups in total. The van der Waals surface area contributed by atoms with Gasteiger partial charge in [-0.05, 0) is 37.7 Å². The van der Waals surface area contributed by atoms with Gasteiger partial charge in [-0.1, -0.05) is 18.7 Å². The lowest BCUT2D eigenvalue weighted by atomic mass is 9.88. The molecule has 1 aliphatic rings. The van der Waals surface area contributed by atoms with E-state index in [2.05, 4.69) is 12.2 Å². The van der Waals surface area contributed by atoms with Crippen LogP contribution in [0.1, 0.15) is 48.0 Å². The fourth-order valence-corrected chi connectivity index (χ4v) is 4.41. The maximum absolute atomic E-state index is 12.3. The molecule has 1 atom stereocenters. The topological polar surface area (TPSA) is 72.5 Å². The molecule has 23 heavy (non-hydrogen) atoms. The summed E-state index contributed by atoms with van der Waals surface area (Å²) in [6.07, 6.45) is 2.79. The van der Waals surface area contributed by atoms with Gasteiger partial charge >= 0.3 is 5.97 Å². The second-order valence-electron chi connectivity index (χ2n) is 5.60. The predicted octanol–water partition coefficient (Wildman–Crippen LogP) is 3.27. The number of anilines is 1. The molecule has 2 rings (SSSR count). The van der Waals surface area contributed by atoms with Crippen molar-refractivity contribution >= 4 is 45.1 Å². The lowest BCUT2D eigenvalue weighted by Gasteiger charge is -2.18. The first-order chi connectivity index (χ1) is 10.9. The molecule has 5 nitrogen and oxygen atoms in total. The molecule has 0 aromatic carbocycles. The van der Waals surface area contributed by atoms with E-state index in [1.165, 1.54) is 18.3 Å². The van der Waals surface area contributed by atoms with E-state index in [0.717, 1.165) is 41.5 Å². The van der Waals surface area contributed by atoms with Crippen LogP contribution in [0.25, 0.3) is 0 Å². The molecule has 0 radical (unpaired) electrons. The molecule has 126 valence electrons. The number of nitrogens with one attached hydrogen (secondary N) is 1. The van der Waals surface area contributed by atoms with Crippen molar-refractivity contribution in [3.8, 4) is 0 Å². The Labute approximate surface area is 144 Å². The van der Waals surface area contributed by atoms with Gasteiger partial charge in [0.25, 0.3) is 0 Å². The van der Waals surface area contributed by atoms with Gasteiger partial charge in [-0.3, -0.25) is 9.59 Å². The van der Waals surface area contributed by atoms with Gasteiger partial charge < -0.3 is 10.1 Å². The average Bonchev–Trinajstić information content (AvgIpc) is 2.82. The first-order valence-electron chi connectivity index (χ1n) is 7.67. The van der Waals surface area contributed by atoms with Crippen LogP contribution in [-0.4, -0.2) is 29.4 Å². The zero-order chi connectivity index (χ0) is 17.0. The molecular weight excluding hydrogens is 334 g/mol. The average molecular weight is 355 g/mol. The molecule has 0 fully saturated rings. The summed E-state index contributed by atoms with van der Waals surface area (Å²) < 4.78 is 5.16. The third kappa shape index (κ3) is 4.57. The fraction of sp³-hybridized carbons (Fsp3) is 0.562. The highest BCUT2D eigenvalue weighted by Crippen LogP contribution is 2.40. The number of fused-ring (bicyclic) bond motifs is 1. The lowest BCUT2D eigenvalue weighted by Crippen LogP contribution is -2.18. The summed E-state index contributed by atoms with van der Waals surface area (Å²) in [4.78, 5) is 36.4. The van der Waals surface area contributed by atoms with Gasteiger partial charge in [-0.25, -0.2) is 4.79 Å². The number of thiophene rings is 1. The fourth-order valence-electron chi connectivity index (χ4n) is 2.59. The van der Waals surface area contributed by atoms with Crippen LogP contribution in [0.3, 0.4) is 0 Å². The van der Waals surface area contributed by atoms with Crippen molar-refractivity contribution in [2.45, 2.75) is 40.0 Å². The first kappa shape index (κ1) is 18.0. The molecule has 1 aromatic rings. The van der Waals surface area contributed by atoms with E-state index in [0.29, 0.717) is 23.1 Å². The first-order valence-corrected chi connectivity index (χ1v) is 9.47. The van der Waals surface area contributed by atoms with Gasteiger partial charge in [-0.15, -0.1) is 11.3 Å². The summed E-state index contributed by atoms with van der Waals surface area (Å²) in [5.74, 6) is -0.0270. The smallest absolute Gasteiger partial charge is 0.341 e. The zero-order valence-corrected chi connectivity index (χ0v) is 15.2. The maximum atomic E-state index is 12.3. The molecule has 0 aliphatic heterocycles.